The molecule has 0 aliphatic carbocycles. The van der Waals surface area contributed by atoms with Crippen LogP contribution in [0.1, 0.15) is 0 Å². The average Bonchev–Trinajstić information content (AvgIpc) is 2.79. The van der Waals surface area contributed by atoms with Crippen molar-refractivity contribution in [3.05, 3.63) is 29.8 Å². The Bertz CT molecular complexity index is 761. The summed E-state index contributed by atoms with van der Waals surface area (Å²) in [5.41, 5.74) is -0.0881. The Hall–Kier alpha value is -1.91. The van der Waals surface area contributed by atoms with Gasteiger partial charge in [-0.3, -0.25) is 4.57 Å². The van der Waals surface area contributed by atoms with Crippen LogP contribution in [0, 0.1) is 11.6 Å². The zero-order valence-electron chi connectivity index (χ0n) is 11.0. The van der Waals surface area contributed by atoms with Gasteiger partial charge in [-0.25, -0.2) is 22.3 Å². The largest absolute Gasteiger partial charge is 0.383 e. The maximum atomic E-state index is 13.8. The van der Waals surface area contributed by atoms with Crippen molar-refractivity contribution < 1.29 is 21.9 Å². The molecule has 2 rings (SSSR count). The minimum absolute atomic E-state index is 0.0431. The summed E-state index contributed by atoms with van der Waals surface area (Å²) in [6.45, 7) is 0.178. The maximum Gasteiger partial charge on any atom is 0.273 e. The lowest BCUT2D eigenvalue weighted by Crippen LogP contribution is -2.20. The molecule has 0 amide bonds. The van der Waals surface area contributed by atoms with Gasteiger partial charge in [-0.05, 0) is 12.1 Å². The standard InChI is InChI=1S/C11H12F2N4O3S/c1-20-5-4-17-10(15-16-11(17)21(14,18)19)8-3-2-7(12)6-9(8)13/h2-3,6H,4-5H2,1H3,(H2,14,18,19). The molecule has 0 spiro atoms. The van der Waals surface area contributed by atoms with Crippen molar-refractivity contribution in [2.45, 2.75) is 11.7 Å². The zero-order valence-corrected chi connectivity index (χ0v) is 11.8. The Morgan fingerprint density at radius 3 is 2.62 bits per heavy atom. The molecule has 10 heteroatoms. The number of sulfonamides is 1. The van der Waals surface area contributed by atoms with Gasteiger partial charge in [0.1, 0.15) is 11.6 Å². The Kier molecular flexibility index (Phi) is 4.30. The van der Waals surface area contributed by atoms with E-state index in [0.717, 1.165) is 16.7 Å². The first-order chi connectivity index (χ1) is 9.84. The number of nitrogens with zero attached hydrogens (tertiary/aromatic N) is 3. The second-order valence-corrected chi connectivity index (χ2v) is 5.57. The summed E-state index contributed by atoms with van der Waals surface area (Å²) < 4.78 is 55.6. The first-order valence-electron chi connectivity index (χ1n) is 5.75. The lowest BCUT2D eigenvalue weighted by Gasteiger charge is -2.09. The van der Waals surface area contributed by atoms with E-state index in [2.05, 4.69) is 10.2 Å². The molecule has 0 fully saturated rings. The molecule has 2 N–H and O–H groups in total. The second kappa shape index (κ2) is 5.84. The first kappa shape index (κ1) is 15.5. The van der Waals surface area contributed by atoms with Crippen LogP contribution in [-0.2, 0) is 21.3 Å². The number of methoxy groups -OCH3 is 1. The molecule has 1 aromatic carbocycles. The molecule has 0 aliphatic rings. The lowest BCUT2D eigenvalue weighted by molar-refractivity contribution is 0.185. The Labute approximate surface area is 119 Å². The molecule has 2 aromatic rings. The predicted octanol–water partition coefficient (Wildman–Crippen LogP) is 0.517. The van der Waals surface area contributed by atoms with Crippen LogP contribution < -0.4 is 5.14 Å². The third-order valence-electron chi connectivity index (χ3n) is 2.66. The van der Waals surface area contributed by atoms with Gasteiger partial charge >= 0.3 is 0 Å². The summed E-state index contributed by atoms with van der Waals surface area (Å²) in [7, 11) is -2.72. The highest BCUT2D eigenvalue weighted by molar-refractivity contribution is 7.89. The average molecular weight is 318 g/mol. The maximum absolute atomic E-state index is 13.8. The summed E-state index contributed by atoms with van der Waals surface area (Å²) >= 11 is 0. The van der Waals surface area contributed by atoms with E-state index in [-0.39, 0.29) is 24.5 Å². The van der Waals surface area contributed by atoms with Gasteiger partial charge in [0.2, 0.25) is 0 Å². The molecule has 1 aromatic heterocycles. The van der Waals surface area contributed by atoms with Crippen molar-refractivity contribution >= 4 is 10.0 Å². The SMILES string of the molecule is COCCn1c(-c2ccc(F)cc2F)nnc1S(N)(=O)=O. The van der Waals surface area contributed by atoms with Crippen LogP contribution in [0.25, 0.3) is 11.4 Å². The van der Waals surface area contributed by atoms with E-state index in [4.69, 9.17) is 9.88 Å². The van der Waals surface area contributed by atoms with Gasteiger partial charge in [-0.1, -0.05) is 0 Å². The molecule has 21 heavy (non-hydrogen) atoms. The van der Waals surface area contributed by atoms with E-state index in [1.54, 1.807) is 0 Å². The Morgan fingerprint density at radius 1 is 1.33 bits per heavy atom. The minimum atomic E-state index is -4.13. The van der Waals surface area contributed by atoms with Gasteiger partial charge in [-0.2, -0.15) is 0 Å². The number of rotatable bonds is 5. The van der Waals surface area contributed by atoms with Crippen LogP contribution in [0.3, 0.4) is 0 Å². The van der Waals surface area contributed by atoms with Crippen molar-refractivity contribution in [3.8, 4) is 11.4 Å². The molecule has 0 aliphatic heterocycles. The van der Waals surface area contributed by atoms with Gasteiger partial charge in [0, 0.05) is 13.2 Å². The van der Waals surface area contributed by atoms with Crippen LogP contribution in [0.4, 0.5) is 8.78 Å². The van der Waals surface area contributed by atoms with Crippen molar-refractivity contribution in [2.24, 2.45) is 5.14 Å². The molecule has 0 saturated carbocycles. The fourth-order valence-electron chi connectivity index (χ4n) is 1.75. The van der Waals surface area contributed by atoms with E-state index < -0.39 is 26.8 Å². The van der Waals surface area contributed by atoms with E-state index >= 15 is 0 Å². The number of primary sulfonamides is 1. The molecule has 0 radical (unpaired) electrons. The fraction of sp³-hybridized carbons (Fsp3) is 0.273. The molecule has 0 unspecified atom stereocenters. The first-order valence-corrected chi connectivity index (χ1v) is 7.29. The predicted molar refractivity (Wildman–Crippen MR) is 68.6 cm³/mol. The van der Waals surface area contributed by atoms with Crippen molar-refractivity contribution in [1.82, 2.24) is 14.8 Å². The summed E-state index contributed by atoms with van der Waals surface area (Å²) in [6.07, 6.45) is 0. The third kappa shape index (κ3) is 3.23. The number of aromatic nitrogens is 3. The fourth-order valence-corrected chi connectivity index (χ4v) is 2.39. The summed E-state index contributed by atoms with van der Waals surface area (Å²) in [6, 6.07) is 2.84. The van der Waals surface area contributed by atoms with Gasteiger partial charge in [-0.15, -0.1) is 10.2 Å². The molecular formula is C11H12F2N4O3S. The quantitative estimate of drug-likeness (QED) is 0.866. The Morgan fingerprint density at radius 2 is 2.05 bits per heavy atom. The van der Waals surface area contributed by atoms with Crippen LogP contribution >= 0.6 is 0 Å². The molecule has 114 valence electrons. The van der Waals surface area contributed by atoms with Gasteiger partial charge in [0.05, 0.1) is 18.7 Å². The van der Waals surface area contributed by atoms with Crippen LogP contribution in [0.5, 0.6) is 0 Å². The molecule has 0 bridgehead atoms. The van der Waals surface area contributed by atoms with Crippen molar-refractivity contribution in [2.75, 3.05) is 13.7 Å². The zero-order chi connectivity index (χ0) is 15.6. The second-order valence-electron chi connectivity index (χ2n) is 4.12. The Balaban J connectivity index is 2.60. The molecular weight excluding hydrogens is 306 g/mol. The number of benzene rings is 1. The summed E-state index contributed by atoms with van der Waals surface area (Å²) in [5.74, 6) is -1.72. The molecule has 0 saturated heterocycles. The summed E-state index contributed by atoms with van der Waals surface area (Å²) in [5, 5.41) is 11.6. The lowest BCUT2D eigenvalue weighted by atomic mass is 10.2. The normalized spacial score (nSPS) is 11.8. The highest BCUT2D eigenvalue weighted by Gasteiger charge is 2.23. The number of ether oxygens (including phenoxy) is 1. The van der Waals surface area contributed by atoms with Crippen molar-refractivity contribution in [3.63, 3.8) is 0 Å². The van der Waals surface area contributed by atoms with E-state index in [0.29, 0.717) is 6.07 Å². The number of hydrogen-bond acceptors (Lipinski definition) is 5. The van der Waals surface area contributed by atoms with E-state index in [9.17, 15) is 17.2 Å². The number of hydrogen-bond donors (Lipinski definition) is 1. The minimum Gasteiger partial charge on any atom is -0.383 e. The number of halogens is 2. The van der Waals surface area contributed by atoms with Crippen LogP contribution in [-0.4, -0.2) is 36.9 Å². The van der Waals surface area contributed by atoms with Crippen LogP contribution in [0.15, 0.2) is 23.4 Å². The monoisotopic (exact) mass is 318 g/mol. The highest BCUT2D eigenvalue weighted by atomic mass is 32.2. The van der Waals surface area contributed by atoms with Crippen molar-refractivity contribution in [1.29, 1.82) is 0 Å². The van der Waals surface area contributed by atoms with Crippen LogP contribution in [0.2, 0.25) is 0 Å². The van der Waals surface area contributed by atoms with Gasteiger partial charge < -0.3 is 4.74 Å². The van der Waals surface area contributed by atoms with Gasteiger partial charge in [0.25, 0.3) is 15.2 Å². The van der Waals surface area contributed by atoms with Gasteiger partial charge in [0.15, 0.2) is 5.82 Å². The third-order valence-corrected chi connectivity index (χ3v) is 3.47. The van der Waals surface area contributed by atoms with E-state index in [1.165, 1.54) is 7.11 Å². The molecule has 0 atom stereocenters. The smallest absolute Gasteiger partial charge is 0.273 e. The topological polar surface area (TPSA) is 100 Å². The molecule has 1 heterocycles. The van der Waals surface area contributed by atoms with E-state index in [1.807, 2.05) is 0 Å². The summed E-state index contributed by atoms with van der Waals surface area (Å²) in [4.78, 5) is 0. The highest BCUT2D eigenvalue weighted by Crippen LogP contribution is 2.23. The number of nitrogens with two attached hydrogens (primary N) is 1. The molecule has 7 nitrogen and oxygen atoms in total.